The number of carbonyl (C=O) groups excluding carboxylic acids is 1. The summed E-state index contributed by atoms with van der Waals surface area (Å²) in [6.07, 6.45) is 1.15. The molecule has 0 N–H and O–H groups in total. The Balaban J connectivity index is 2.35. The number of hydrogen-bond donors (Lipinski definition) is 0. The van der Waals surface area contributed by atoms with Crippen LogP contribution < -0.4 is 4.74 Å². The molecule has 100 valence electrons. The molecule has 1 rings (SSSR count). The molecule has 0 amide bonds. The van der Waals surface area contributed by atoms with E-state index in [0.29, 0.717) is 31.3 Å². The minimum atomic E-state index is -0.236. The van der Waals surface area contributed by atoms with E-state index < -0.39 is 0 Å². The fourth-order valence-electron chi connectivity index (χ4n) is 1.54. The van der Waals surface area contributed by atoms with Crippen LogP contribution in [-0.2, 0) is 16.0 Å². The maximum Gasteiger partial charge on any atom is 0.313 e. The van der Waals surface area contributed by atoms with Gasteiger partial charge in [-0.3, -0.25) is 4.79 Å². The summed E-state index contributed by atoms with van der Waals surface area (Å²) in [7, 11) is 0. The van der Waals surface area contributed by atoms with Crippen molar-refractivity contribution in [2.45, 2.75) is 33.6 Å². The van der Waals surface area contributed by atoms with Crippen molar-refractivity contribution in [1.29, 1.82) is 0 Å². The lowest BCUT2D eigenvalue weighted by Crippen LogP contribution is -2.13. The molecule has 0 bridgehead atoms. The quantitative estimate of drug-likeness (QED) is 0.423. The van der Waals surface area contributed by atoms with Crippen molar-refractivity contribution in [3.05, 3.63) is 29.8 Å². The zero-order valence-corrected chi connectivity index (χ0v) is 11.4. The van der Waals surface area contributed by atoms with Crippen molar-refractivity contribution in [2.24, 2.45) is 5.92 Å². The molecule has 0 unspecified atom stereocenters. The zero-order chi connectivity index (χ0) is 13.4. The van der Waals surface area contributed by atoms with Gasteiger partial charge >= 0.3 is 5.97 Å². The summed E-state index contributed by atoms with van der Waals surface area (Å²) in [5.74, 6) is 0.912. The summed E-state index contributed by atoms with van der Waals surface area (Å²) >= 11 is 0. The summed E-state index contributed by atoms with van der Waals surface area (Å²) in [5.41, 5.74) is 1.05. The Labute approximate surface area is 109 Å². The molecule has 0 aliphatic rings. The van der Waals surface area contributed by atoms with Gasteiger partial charge in [-0.1, -0.05) is 39.0 Å². The van der Waals surface area contributed by atoms with Gasteiger partial charge in [-0.05, 0) is 24.0 Å². The van der Waals surface area contributed by atoms with Gasteiger partial charge in [-0.2, -0.15) is 0 Å². The minimum absolute atomic E-state index is 0.236. The van der Waals surface area contributed by atoms with Gasteiger partial charge in [0.25, 0.3) is 0 Å². The van der Waals surface area contributed by atoms with Crippen molar-refractivity contribution in [3.63, 3.8) is 0 Å². The number of ether oxygens (including phenoxy) is 2. The predicted octanol–water partition coefficient (Wildman–Crippen LogP) is 3.22. The summed E-state index contributed by atoms with van der Waals surface area (Å²) in [6.45, 7) is 7.30. The molecule has 0 radical (unpaired) electrons. The van der Waals surface area contributed by atoms with Crippen molar-refractivity contribution in [1.82, 2.24) is 0 Å². The third kappa shape index (κ3) is 5.32. The van der Waals surface area contributed by atoms with E-state index in [4.69, 9.17) is 9.47 Å². The first-order valence-electron chi connectivity index (χ1n) is 6.49. The van der Waals surface area contributed by atoms with E-state index in [9.17, 15) is 4.79 Å². The highest BCUT2D eigenvalue weighted by molar-refractivity contribution is 5.72. The maximum absolute atomic E-state index is 11.6. The molecule has 0 saturated carbocycles. The first-order chi connectivity index (χ1) is 8.63. The summed E-state index contributed by atoms with van der Waals surface area (Å²) in [6, 6.07) is 7.61. The van der Waals surface area contributed by atoms with E-state index in [2.05, 4.69) is 13.8 Å². The fraction of sp³-hybridized carbons (Fsp3) is 0.533. The second-order valence-electron chi connectivity index (χ2n) is 4.65. The van der Waals surface area contributed by atoms with Gasteiger partial charge in [0.1, 0.15) is 5.75 Å². The Bertz CT molecular complexity index is 372. The topological polar surface area (TPSA) is 35.5 Å². The molecular weight excluding hydrogens is 228 g/mol. The van der Waals surface area contributed by atoms with Crippen LogP contribution in [0.5, 0.6) is 5.75 Å². The number of para-hydroxylation sites is 1. The molecule has 18 heavy (non-hydrogen) atoms. The van der Waals surface area contributed by atoms with Gasteiger partial charge in [0.05, 0.1) is 13.0 Å². The van der Waals surface area contributed by atoms with Crippen LogP contribution in [0.25, 0.3) is 0 Å². The average Bonchev–Trinajstić information content (AvgIpc) is 2.35. The number of rotatable bonds is 7. The number of esters is 1. The first-order valence-corrected chi connectivity index (χ1v) is 6.49. The Kier molecular flexibility index (Phi) is 6.44. The summed E-state index contributed by atoms with van der Waals surface area (Å²) < 4.78 is 10.7. The molecule has 3 heteroatoms. The van der Waals surface area contributed by atoms with Crippen LogP contribution in [0.15, 0.2) is 24.3 Å². The van der Waals surface area contributed by atoms with Gasteiger partial charge in [0, 0.05) is 6.61 Å². The van der Waals surface area contributed by atoms with Gasteiger partial charge in [0.2, 0.25) is 0 Å². The highest BCUT2D eigenvalue weighted by Crippen LogP contribution is 2.18. The van der Waals surface area contributed by atoms with Crippen LogP contribution in [0, 0.1) is 5.92 Å². The molecule has 0 fully saturated rings. The van der Waals surface area contributed by atoms with E-state index in [0.717, 1.165) is 12.0 Å². The molecule has 3 nitrogen and oxygen atoms in total. The maximum atomic E-state index is 11.6. The lowest BCUT2D eigenvalue weighted by molar-refractivity contribution is -0.135. The number of carbonyl (C=O) groups is 1. The second-order valence-corrected chi connectivity index (χ2v) is 4.65. The zero-order valence-electron chi connectivity index (χ0n) is 11.4. The molecule has 0 aliphatic heterocycles. The van der Waals surface area contributed by atoms with Crippen LogP contribution in [0.4, 0.5) is 0 Å². The van der Waals surface area contributed by atoms with E-state index in [1.165, 1.54) is 0 Å². The van der Waals surface area contributed by atoms with Crippen LogP contribution in [0.2, 0.25) is 0 Å². The molecule has 0 spiro atoms. The largest absolute Gasteiger partial charge is 0.426 e. The van der Waals surface area contributed by atoms with Gasteiger partial charge in [-0.25, -0.2) is 0 Å². The van der Waals surface area contributed by atoms with Gasteiger partial charge in [-0.15, -0.1) is 0 Å². The third-order valence-corrected chi connectivity index (χ3v) is 2.48. The fourth-order valence-corrected chi connectivity index (χ4v) is 1.54. The number of aryl methyl sites for hydroxylation is 1. The van der Waals surface area contributed by atoms with Crippen molar-refractivity contribution in [3.8, 4) is 5.75 Å². The van der Waals surface area contributed by atoms with Crippen LogP contribution >= 0.6 is 0 Å². The van der Waals surface area contributed by atoms with Gasteiger partial charge < -0.3 is 9.47 Å². The summed E-state index contributed by atoms with van der Waals surface area (Å²) in [5, 5.41) is 0. The molecule has 0 saturated heterocycles. The standard InChI is InChI=1S/C15H22O3/c1-4-13-7-5-6-8-14(13)18-15(16)9-10-17-11-12(2)3/h5-8,12H,4,9-11H2,1-3H3. The van der Waals surface area contributed by atoms with E-state index in [1.807, 2.05) is 31.2 Å². The highest BCUT2D eigenvalue weighted by atomic mass is 16.5. The number of hydrogen-bond acceptors (Lipinski definition) is 3. The van der Waals surface area contributed by atoms with Gasteiger partial charge in [0.15, 0.2) is 0 Å². The Morgan fingerprint density at radius 2 is 2.00 bits per heavy atom. The Morgan fingerprint density at radius 1 is 1.28 bits per heavy atom. The van der Waals surface area contributed by atoms with Crippen molar-refractivity contribution < 1.29 is 14.3 Å². The monoisotopic (exact) mass is 250 g/mol. The lowest BCUT2D eigenvalue weighted by atomic mass is 10.1. The normalized spacial score (nSPS) is 10.7. The van der Waals surface area contributed by atoms with Crippen molar-refractivity contribution >= 4 is 5.97 Å². The second kappa shape index (κ2) is 7.88. The smallest absolute Gasteiger partial charge is 0.313 e. The highest BCUT2D eigenvalue weighted by Gasteiger charge is 2.08. The minimum Gasteiger partial charge on any atom is -0.426 e. The van der Waals surface area contributed by atoms with E-state index >= 15 is 0 Å². The predicted molar refractivity (Wildman–Crippen MR) is 71.7 cm³/mol. The summed E-state index contributed by atoms with van der Waals surface area (Å²) in [4.78, 5) is 11.6. The Morgan fingerprint density at radius 3 is 2.67 bits per heavy atom. The molecule has 0 heterocycles. The van der Waals surface area contributed by atoms with E-state index in [1.54, 1.807) is 0 Å². The van der Waals surface area contributed by atoms with Crippen LogP contribution in [-0.4, -0.2) is 19.2 Å². The van der Waals surface area contributed by atoms with Crippen molar-refractivity contribution in [2.75, 3.05) is 13.2 Å². The molecule has 0 aliphatic carbocycles. The lowest BCUT2D eigenvalue weighted by Gasteiger charge is -2.09. The Hall–Kier alpha value is -1.35. The number of benzene rings is 1. The van der Waals surface area contributed by atoms with Crippen LogP contribution in [0.1, 0.15) is 32.8 Å². The molecule has 1 aromatic rings. The molecule has 1 aromatic carbocycles. The molecule has 0 atom stereocenters. The molecular formula is C15H22O3. The molecule has 0 aromatic heterocycles. The third-order valence-electron chi connectivity index (χ3n) is 2.48. The van der Waals surface area contributed by atoms with E-state index in [-0.39, 0.29) is 5.97 Å². The SMILES string of the molecule is CCc1ccccc1OC(=O)CCOCC(C)C. The average molecular weight is 250 g/mol. The first kappa shape index (κ1) is 14.7. The van der Waals surface area contributed by atoms with Crippen LogP contribution in [0.3, 0.4) is 0 Å².